The van der Waals surface area contributed by atoms with E-state index in [0.717, 1.165) is 12.2 Å². The van der Waals surface area contributed by atoms with E-state index in [4.69, 9.17) is 0 Å². The SMILES string of the molecule is SCCc1ccccc1[Te]c1ccccc1. The second-order valence-electron chi connectivity index (χ2n) is 3.50. The fourth-order valence-corrected chi connectivity index (χ4v) is 4.63. The molecule has 0 spiro atoms. The van der Waals surface area contributed by atoms with Gasteiger partial charge in [-0.05, 0) is 0 Å². The molecule has 0 aliphatic heterocycles. The van der Waals surface area contributed by atoms with Gasteiger partial charge in [0.1, 0.15) is 0 Å². The third-order valence-corrected chi connectivity index (χ3v) is 5.76. The molecule has 2 rings (SSSR count). The Kier molecular flexibility index (Phi) is 4.78. The van der Waals surface area contributed by atoms with Crippen molar-refractivity contribution in [3.8, 4) is 0 Å². The van der Waals surface area contributed by atoms with Crippen molar-refractivity contribution in [2.45, 2.75) is 6.42 Å². The van der Waals surface area contributed by atoms with Gasteiger partial charge >= 0.3 is 113 Å². The van der Waals surface area contributed by atoms with E-state index in [-0.39, 0.29) is 20.9 Å². The Balaban J connectivity index is 2.21. The normalized spacial score (nSPS) is 10.3. The summed E-state index contributed by atoms with van der Waals surface area (Å²) < 4.78 is 3.05. The zero-order chi connectivity index (χ0) is 11.2. The van der Waals surface area contributed by atoms with Crippen LogP contribution in [0.3, 0.4) is 0 Å². The minimum atomic E-state index is -0.232. The van der Waals surface area contributed by atoms with E-state index in [2.05, 4.69) is 67.2 Å². The van der Waals surface area contributed by atoms with Crippen LogP contribution in [-0.4, -0.2) is 26.7 Å². The van der Waals surface area contributed by atoms with Gasteiger partial charge in [0.25, 0.3) is 0 Å². The second-order valence-corrected chi connectivity index (χ2v) is 7.13. The van der Waals surface area contributed by atoms with E-state index >= 15 is 0 Å². The van der Waals surface area contributed by atoms with Crippen LogP contribution in [0.15, 0.2) is 54.6 Å². The second kappa shape index (κ2) is 6.35. The molecule has 0 atom stereocenters. The van der Waals surface area contributed by atoms with Crippen molar-refractivity contribution < 1.29 is 0 Å². The molecule has 0 aliphatic rings. The Bertz CT molecular complexity index is 439. The van der Waals surface area contributed by atoms with Gasteiger partial charge in [0.05, 0.1) is 0 Å². The van der Waals surface area contributed by atoms with Gasteiger partial charge in [0.2, 0.25) is 0 Å². The van der Waals surface area contributed by atoms with Crippen molar-refractivity contribution in [1.82, 2.24) is 0 Å². The van der Waals surface area contributed by atoms with Crippen LogP contribution in [0.1, 0.15) is 5.56 Å². The summed E-state index contributed by atoms with van der Waals surface area (Å²) in [6, 6.07) is 19.6. The average molecular weight is 342 g/mol. The predicted octanol–water partition coefficient (Wildman–Crippen LogP) is 1.81. The van der Waals surface area contributed by atoms with E-state index in [0.29, 0.717) is 0 Å². The van der Waals surface area contributed by atoms with Gasteiger partial charge in [-0.3, -0.25) is 0 Å². The van der Waals surface area contributed by atoms with Crippen LogP contribution in [0.5, 0.6) is 0 Å². The third-order valence-electron chi connectivity index (χ3n) is 2.32. The van der Waals surface area contributed by atoms with Gasteiger partial charge in [-0.25, -0.2) is 0 Å². The first-order valence-corrected chi connectivity index (χ1v) is 8.28. The molecule has 2 aromatic carbocycles. The molecule has 0 heterocycles. The number of hydrogen-bond donors (Lipinski definition) is 1. The fourth-order valence-electron chi connectivity index (χ4n) is 1.55. The van der Waals surface area contributed by atoms with Crippen molar-refractivity contribution in [3.63, 3.8) is 0 Å². The first-order valence-electron chi connectivity index (χ1n) is 5.32. The summed E-state index contributed by atoms with van der Waals surface area (Å²) in [5, 5.41) is 0. The van der Waals surface area contributed by atoms with Crippen LogP contribution in [0.25, 0.3) is 0 Å². The van der Waals surface area contributed by atoms with Crippen molar-refractivity contribution >= 4 is 40.8 Å². The van der Waals surface area contributed by atoms with E-state index < -0.39 is 0 Å². The molecule has 0 saturated carbocycles. The number of benzene rings is 2. The molecule has 0 bridgehead atoms. The van der Waals surface area contributed by atoms with Gasteiger partial charge < -0.3 is 0 Å². The molecule has 0 N–H and O–H groups in total. The van der Waals surface area contributed by atoms with Crippen LogP contribution in [0.2, 0.25) is 0 Å². The van der Waals surface area contributed by atoms with Crippen LogP contribution >= 0.6 is 12.6 Å². The average Bonchev–Trinajstić information content (AvgIpc) is 2.33. The van der Waals surface area contributed by atoms with Crippen LogP contribution in [0.4, 0.5) is 0 Å². The molecule has 82 valence electrons. The summed E-state index contributed by atoms with van der Waals surface area (Å²) in [6.07, 6.45) is 1.08. The monoisotopic (exact) mass is 344 g/mol. The maximum atomic E-state index is 4.32. The van der Waals surface area contributed by atoms with E-state index in [1.807, 2.05) is 0 Å². The predicted molar refractivity (Wildman–Crippen MR) is 75.5 cm³/mol. The molecule has 0 amide bonds. The molecular formula is C14H14STe. The Morgan fingerprint density at radius 2 is 1.56 bits per heavy atom. The first kappa shape index (κ1) is 12.0. The molecule has 0 aromatic heterocycles. The quantitative estimate of drug-likeness (QED) is 0.636. The number of hydrogen-bond acceptors (Lipinski definition) is 1. The zero-order valence-corrected chi connectivity index (χ0v) is 12.2. The van der Waals surface area contributed by atoms with E-state index in [1.165, 1.54) is 9.17 Å². The van der Waals surface area contributed by atoms with Crippen LogP contribution < -0.4 is 7.22 Å². The maximum absolute atomic E-state index is 4.32. The zero-order valence-electron chi connectivity index (χ0n) is 8.97. The molecule has 2 heteroatoms. The Morgan fingerprint density at radius 3 is 2.31 bits per heavy atom. The molecule has 0 radical (unpaired) electrons. The molecular weight excluding hydrogens is 328 g/mol. The molecule has 0 aliphatic carbocycles. The Morgan fingerprint density at radius 1 is 0.875 bits per heavy atom. The Hall–Kier alpha value is -0.420. The molecule has 0 fully saturated rings. The van der Waals surface area contributed by atoms with Gasteiger partial charge in [0.15, 0.2) is 0 Å². The number of aryl methyl sites for hydroxylation is 1. The van der Waals surface area contributed by atoms with Gasteiger partial charge in [0, 0.05) is 0 Å². The van der Waals surface area contributed by atoms with Crippen molar-refractivity contribution in [2.24, 2.45) is 0 Å². The van der Waals surface area contributed by atoms with Gasteiger partial charge in [-0.1, -0.05) is 0 Å². The Labute approximate surface area is 113 Å². The molecule has 0 nitrogen and oxygen atoms in total. The van der Waals surface area contributed by atoms with Crippen molar-refractivity contribution in [3.05, 3.63) is 60.2 Å². The van der Waals surface area contributed by atoms with Crippen molar-refractivity contribution in [1.29, 1.82) is 0 Å². The molecule has 0 unspecified atom stereocenters. The van der Waals surface area contributed by atoms with Gasteiger partial charge in [-0.15, -0.1) is 0 Å². The van der Waals surface area contributed by atoms with E-state index in [9.17, 15) is 0 Å². The van der Waals surface area contributed by atoms with Crippen molar-refractivity contribution in [2.75, 3.05) is 5.75 Å². The third kappa shape index (κ3) is 3.28. The topological polar surface area (TPSA) is 0 Å². The molecule has 16 heavy (non-hydrogen) atoms. The summed E-state index contributed by atoms with van der Waals surface area (Å²) in [4.78, 5) is 0. The standard InChI is InChI=1S/C14H14STe/c15-11-10-12-6-4-5-9-14(12)16-13-7-2-1-3-8-13/h1-9,15H,10-11H2. The first-order chi connectivity index (χ1) is 7.90. The van der Waals surface area contributed by atoms with Crippen LogP contribution in [0, 0.1) is 0 Å². The number of rotatable bonds is 4. The number of thiol groups is 1. The molecule has 0 saturated heterocycles. The summed E-state index contributed by atoms with van der Waals surface area (Å²) in [6.45, 7) is 0. The summed E-state index contributed by atoms with van der Waals surface area (Å²) in [5.74, 6) is 0.929. The van der Waals surface area contributed by atoms with Gasteiger partial charge in [-0.2, -0.15) is 0 Å². The summed E-state index contributed by atoms with van der Waals surface area (Å²) in [5.41, 5.74) is 1.48. The summed E-state index contributed by atoms with van der Waals surface area (Å²) >= 11 is 4.09. The summed E-state index contributed by atoms with van der Waals surface area (Å²) in [7, 11) is 0. The van der Waals surface area contributed by atoms with E-state index in [1.54, 1.807) is 3.61 Å². The fraction of sp³-hybridized carbons (Fsp3) is 0.143. The minimum absolute atomic E-state index is 0.232. The van der Waals surface area contributed by atoms with Crippen LogP contribution in [-0.2, 0) is 6.42 Å². The molecule has 2 aromatic rings.